The molecular formula is C14H16N2O4. The molecule has 1 heterocycles. The molecule has 1 aromatic carbocycles. The van der Waals surface area contributed by atoms with Crippen LogP contribution in [0.1, 0.15) is 27.1 Å². The fourth-order valence-corrected chi connectivity index (χ4v) is 2.27. The Morgan fingerprint density at radius 2 is 2.00 bits per heavy atom. The van der Waals surface area contributed by atoms with Crippen molar-refractivity contribution in [2.24, 2.45) is 5.92 Å². The SMILES string of the molecule is CNC(=O)c1cccc(C(=O)N2CCC(C(=O)O)C2)c1. The van der Waals surface area contributed by atoms with Crippen molar-refractivity contribution in [3.05, 3.63) is 35.4 Å². The van der Waals surface area contributed by atoms with E-state index in [0.29, 0.717) is 24.1 Å². The highest BCUT2D eigenvalue weighted by Crippen LogP contribution is 2.19. The molecule has 6 nitrogen and oxygen atoms in total. The molecule has 1 atom stereocenters. The first-order valence-electron chi connectivity index (χ1n) is 6.37. The first kappa shape index (κ1) is 14.0. The number of rotatable bonds is 3. The average molecular weight is 276 g/mol. The van der Waals surface area contributed by atoms with Gasteiger partial charge in [0, 0.05) is 31.3 Å². The van der Waals surface area contributed by atoms with Crippen LogP contribution in [0.15, 0.2) is 24.3 Å². The lowest BCUT2D eigenvalue weighted by molar-refractivity contribution is -0.141. The largest absolute Gasteiger partial charge is 0.481 e. The van der Waals surface area contributed by atoms with E-state index in [1.807, 2.05) is 0 Å². The topological polar surface area (TPSA) is 86.7 Å². The summed E-state index contributed by atoms with van der Waals surface area (Å²) in [4.78, 5) is 36.2. The predicted molar refractivity (Wildman–Crippen MR) is 71.5 cm³/mol. The van der Waals surface area contributed by atoms with Gasteiger partial charge in [0.2, 0.25) is 0 Å². The molecule has 1 fully saturated rings. The highest BCUT2D eigenvalue weighted by molar-refractivity contribution is 5.99. The van der Waals surface area contributed by atoms with Gasteiger partial charge in [-0.3, -0.25) is 14.4 Å². The van der Waals surface area contributed by atoms with E-state index in [-0.39, 0.29) is 18.4 Å². The third kappa shape index (κ3) is 2.79. The number of carboxylic acid groups (broad SMARTS) is 1. The molecule has 0 radical (unpaired) electrons. The maximum Gasteiger partial charge on any atom is 0.308 e. The van der Waals surface area contributed by atoms with Gasteiger partial charge in [0.25, 0.3) is 11.8 Å². The number of carbonyl (C=O) groups excluding carboxylic acids is 2. The molecule has 1 saturated heterocycles. The Bertz CT molecular complexity index is 556. The third-order valence-corrected chi connectivity index (χ3v) is 3.42. The number of nitrogens with zero attached hydrogens (tertiary/aromatic N) is 1. The van der Waals surface area contributed by atoms with Gasteiger partial charge in [0.15, 0.2) is 0 Å². The van der Waals surface area contributed by atoms with Crippen molar-refractivity contribution >= 4 is 17.8 Å². The summed E-state index contributed by atoms with van der Waals surface area (Å²) < 4.78 is 0. The van der Waals surface area contributed by atoms with E-state index in [1.165, 1.54) is 18.0 Å². The van der Waals surface area contributed by atoms with Gasteiger partial charge in [0.1, 0.15) is 0 Å². The van der Waals surface area contributed by atoms with Crippen molar-refractivity contribution in [2.45, 2.75) is 6.42 Å². The summed E-state index contributed by atoms with van der Waals surface area (Å²) in [5, 5.41) is 11.4. The summed E-state index contributed by atoms with van der Waals surface area (Å²) >= 11 is 0. The molecule has 1 unspecified atom stereocenters. The van der Waals surface area contributed by atoms with Crippen LogP contribution in [0.5, 0.6) is 0 Å². The van der Waals surface area contributed by atoms with Gasteiger partial charge in [-0.05, 0) is 24.6 Å². The minimum Gasteiger partial charge on any atom is -0.481 e. The second-order valence-corrected chi connectivity index (χ2v) is 4.73. The number of benzene rings is 1. The molecule has 1 aromatic rings. The monoisotopic (exact) mass is 276 g/mol. The lowest BCUT2D eigenvalue weighted by Crippen LogP contribution is -2.30. The maximum atomic E-state index is 12.3. The molecule has 2 amide bonds. The summed E-state index contributed by atoms with van der Waals surface area (Å²) in [5.74, 6) is -1.87. The number of amides is 2. The molecule has 0 saturated carbocycles. The second kappa shape index (κ2) is 5.73. The molecule has 0 bridgehead atoms. The Kier molecular flexibility index (Phi) is 4.02. The van der Waals surface area contributed by atoms with Crippen molar-refractivity contribution in [2.75, 3.05) is 20.1 Å². The van der Waals surface area contributed by atoms with Crippen LogP contribution in [0, 0.1) is 5.92 Å². The van der Waals surface area contributed by atoms with Gasteiger partial charge in [-0.25, -0.2) is 0 Å². The van der Waals surface area contributed by atoms with Crippen LogP contribution in [0.2, 0.25) is 0 Å². The van der Waals surface area contributed by atoms with Crippen LogP contribution >= 0.6 is 0 Å². The van der Waals surface area contributed by atoms with E-state index >= 15 is 0 Å². The predicted octanol–water partition coefficient (Wildman–Crippen LogP) is 0.593. The summed E-state index contributed by atoms with van der Waals surface area (Å²) in [7, 11) is 1.52. The number of hydrogen-bond acceptors (Lipinski definition) is 3. The van der Waals surface area contributed by atoms with Crippen molar-refractivity contribution in [1.82, 2.24) is 10.2 Å². The van der Waals surface area contributed by atoms with Crippen LogP contribution in [0.4, 0.5) is 0 Å². The zero-order chi connectivity index (χ0) is 14.7. The Hall–Kier alpha value is -2.37. The summed E-state index contributed by atoms with van der Waals surface area (Å²) in [6, 6.07) is 6.42. The van der Waals surface area contributed by atoms with E-state index < -0.39 is 11.9 Å². The molecule has 2 rings (SSSR count). The molecule has 1 aliphatic rings. The Morgan fingerprint density at radius 1 is 1.30 bits per heavy atom. The van der Waals surface area contributed by atoms with Crippen LogP contribution in [0.25, 0.3) is 0 Å². The summed E-state index contributed by atoms with van der Waals surface area (Å²) in [6.45, 7) is 0.651. The normalized spacial score (nSPS) is 17.9. The van der Waals surface area contributed by atoms with Crippen LogP contribution < -0.4 is 5.32 Å². The summed E-state index contributed by atoms with van der Waals surface area (Å²) in [5.41, 5.74) is 0.810. The van der Waals surface area contributed by atoms with Gasteiger partial charge in [0.05, 0.1) is 5.92 Å². The average Bonchev–Trinajstić information content (AvgIpc) is 2.95. The fourth-order valence-electron chi connectivity index (χ4n) is 2.27. The third-order valence-electron chi connectivity index (χ3n) is 3.42. The van der Waals surface area contributed by atoms with Crippen molar-refractivity contribution in [3.8, 4) is 0 Å². The number of hydrogen-bond donors (Lipinski definition) is 2. The van der Waals surface area contributed by atoms with Crippen molar-refractivity contribution in [1.29, 1.82) is 0 Å². The standard InChI is InChI=1S/C14H16N2O4/c1-15-12(17)9-3-2-4-10(7-9)13(18)16-6-5-11(8-16)14(19)20/h2-4,7,11H,5-6,8H2,1H3,(H,15,17)(H,19,20). The number of aliphatic carboxylic acids is 1. The molecular weight excluding hydrogens is 260 g/mol. The molecule has 6 heteroatoms. The minimum atomic E-state index is -0.876. The second-order valence-electron chi connectivity index (χ2n) is 4.73. The van der Waals surface area contributed by atoms with Gasteiger partial charge in [-0.1, -0.05) is 6.07 Å². The van der Waals surface area contributed by atoms with E-state index in [1.54, 1.807) is 18.2 Å². The highest BCUT2D eigenvalue weighted by Gasteiger charge is 2.31. The lowest BCUT2D eigenvalue weighted by atomic mass is 10.1. The van der Waals surface area contributed by atoms with Crippen molar-refractivity contribution in [3.63, 3.8) is 0 Å². The molecule has 0 aromatic heterocycles. The molecule has 0 spiro atoms. The quantitative estimate of drug-likeness (QED) is 0.846. The summed E-state index contributed by atoms with van der Waals surface area (Å²) in [6.07, 6.45) is 0.468. The maximum absolute atomic E-state index is 12.3. The zero-order valence-electron chi connectivity index (χ0n) is 11.1. The fraction of sp³-hybridized carbons (Fsp3) is 0.357. The molecule has 2 N–H and O–H groups in total. The smallest absolute Gasteiger partial charge is 0.308 e. The Morgan fingerprint density at radius 3 is 2.60 bits per heavy atom. The number of carbonyl (C=O) groups is 3. The van der Waals surface area contributed by atoms with Crippen molar-refractivity contribution < 1.29 is 19.5 Å². The number of carboxylic acids is 1. The lowest BCUT2D eigenvalue weighted by Gasteiger charge is -2.16. The molecule has 106 valence electrons. The van der Waals surface area contributed by atoms with E-state index in [2.05, 4.69) is 5.32 Å². The molecule has 20 heavy (non-hydrogen) atoms. The van der Waals surface area contributed by atoms with E-state index in [0.717, 1.165) is 0 Å². The first-order chi connectivity index (χ1) is 9.52. The molecule has 1 aliphatic heterocycles. The highest BCUT2D eigenvalue weighted by atomic mass is 16.4. The van der Waals surface area contributed by atoms with E-state index in [4.69, 9.17) is 5.11 Å². The van der Waals surface area contributed by atoms with Gasteiger partial charge in [-0.15, -0.1) is 0 Å². The van der Waals surface area contributed by atoms with Crippen LogP contribution in [0.3, 0.4) is 0 Å². The molecule has 0 aliphatic carbocycles. The van der Waals surface area contributed by atoms with Crippen LogP contribution in [-0.2, 0) is 4.79 Å². The first-order valence-corrected chi connectivity index (χ1v) is 6.37. The Balaban J connectivity index is 2.14. The minimum absolute atomic E-state index is 0.221. The van der Waals surface area contributed by atoms with Gasteiger partial charge >= 0.3 is 5.97 Å². The number of likely N-dealkylation sites (tertiary alicyclic amines) is 1. The van der Waals surface area contributed by atoms with Gasteiger partial charge < -0.3 is 15.3 Å². The number of nitrogens with one attached hydrogen (secondary N) is 1. The Labute approximate surface area is 116 Å². The zero-order valence-corrected chi connectivity index (χ0v) is 11.1. The van der Waals surface area contributed by atoms with Crippen LogP contribution in [-0.4, -0.2) is 47.9 Å². The van der Waals surface area contributed by atoms with Gasteiger partial charge in [-0.2, -0.15) is 0 Å². The van der Waals surface area contributed by atoms with E-state index in [9.17, 15) is 14.4 Å².